The third-order valence-corrected chi connectivity index (χ3v) is 7.75. The largest absolute Gasteiger partial charge is 0.477 e. The van der Waals surface area contributed by atoms with Gasteiger partial charge in [-0.05, 0) is 6.08 Å². The van der Waals surface area contributed by atoms with Crippen LogP contribution in [0.3, 0.4) is 0 Å². The number of carbonyl (C=O) groups excluding carboxylic acids is 3. The van der Waals surface area contributed by atoms with Crippen LogP contribution < -0.4 is 21.7 Å². The Bertz CT molecular complexity index is 1150. The van der Waals surface area contributed by atoms with Crippen molar-refractivity contribution in [2.75, 3.05) is 19.8 Å². The molecule has 3 aliphatic rings. The molecule has 4 amide bonds. The molecule has 0 aromatic rings. The number of carbonyl (C=O) groups is 4. The minimum atomic E-state index is -5.57. The lowest BCUT2D eigenvalue weighted by molar-refractivity contribution is -0.289. The summed E-state index contributed by atoms with van der Waals surface area (Å²) in [6, 6.07) is -2.51. The highest BCUT2D eigenvalue weighted by Gasteiger charge is 2.59. The number of hydrogen-bond donors (Lipinski definition) is 12. The van der Waals surface area contributed by atoms with Crippen LogP contribution >= 0.6 is 7.82 Å². The molecule has 12 atom stereocenters. The second kappa shape index (κ2) is 14.5. The Morgan fingerprint density at radius 3 is 2.57 bits per heavy atom. The van der Waals surface area contributed by atoms with Crippen LogP contribution in [0.2, 0.25) is 0 Å². The molecule has 3 heterocycles. The van der Waals surface area contributed by atoms with Gasteiger partial charge in [-0.3, -0.25) is 19.0 Å². The van der Waals surface area contributed by atoms with Crippen LogP contribution in [0.1, 0.15) is 6.42 Å². The molecule has 10 unspecified atom stereocenters. The minimum Gasteiger partial charge on any atom is -0.477 e. The van der Waals surface area contributed by atoms with Crippen molar-refractivity contribution in [1.82, 2.24) is 20.9 Å². The van der Waals surface area contributed by atoms with E-state index >= 15 is 0 Å². The van der Waals surface area contributed by atoms with Gasteiger partial charge in [0.15, 0.2) is 6.23 Å². The Balaban J connectivity index is 1.76. The molecule has 22 nitrogen and oxygen atoms in total. The second-order valence-electron chi connectivity index (χ2n) is 9.87. The molecule has 3 aliphatic heterocycles. The molecule has 0 radical (unpaired) electrons. The zero-order valence-corrected chi connectivity index (χ0v) is 23.5. The molecule has 0 aliphatic carbocycles. The molecule has 0 saturated carbocycles. The summed E-state index contributed by atoms with van der Waals surface area (Å²) in [5, 5.41) is 77.5. The molecule has 23 heteroatoms. The van der Waals surface area contributed by atoms with E-state index in [4.69, 9.17) is 24.3 Å². The van der Waals surface area contributed by atoms with Crippen molar-refractivity contribution in [2.45, 2.75) is 73.4 Å². The molecular weight excluding hydrogens is 625 g/mol. The fraction of sp³-hybridized carbons (Fsp3) is 0.714. The van der Waals surface area contributed by atoms with Crippen LogP contribution in [0.4, 0.5) is 4.79 Å². The molecule has 44 heavy (non-hydrogen) atoms. The number of carboxylic acid groups (broad SMARTS) is 1. The van der Waals surface area contributed by atoms with E-state index in [-0.39, 0.29) is 6.41 Å². The van der Waals surface area contributed by atoms with E-state index in [2.05, 4.69) is 10.6 Å². The van der Waals surface area contributed by atoms with Gasteiger partial charge in [0.05, 0.1) is 38.1 Å². The summed E-state index contributed by atoms with van der Waals surface area (Å²) < 4.78 is 33.1. The van der Waals surface area contributed by atoms with E-state index in [0.717, 1.165) is 4.90 Å². The standard InChI is InChI=1S/C21H34N5O17P/c22-11-1-2-26(20(37)24-11)18-16(34)15(33)10(41-18)6-40-44(38,39)43-21(19(35)36)3-8(29)13(25-12(31)4-23-7-28)17(42-21)14(32)9(30)5-27/h1-2,7-11,13-18,27,29-30,32-34H,3-6,22H2,(H,23,28)(H,24,37)(H,25,31)(H,35,36)(H,38,39)/t8?,9-,10?,11?,13?,14-,15?,16?,17?,18?,21?/m1/s1. The van der Waals surface area contributed by atoms with Crippen LogP contribution in [0.25, 0.3) is 0 Å². The molecule has 250 valence electrons. The molecular formula is C21H34N5O17P. The van der Waals surface area contributed by atoms with Crippen molar-refractivity contribution in [3.63, 3.8) is 0 Å². The maximum Gasteiger partial charge on any atom is 0.475 e. The Labute approximate surface area is 247 Å². The van der Waals surface area contributed by atoms with Gasteiger partial charge in [-0.25, -0.2) is 18.7 Å². The number of rotatable bonds is 14. The van der Waals surface area contributed by atoms with Gasteiger partial charge in [-0.1, -0.05) is 0 Å². The maximum atomic E-state index is 12.9. The third-order valence-electron chi connectivity index (χ3n) is 6.74. The zero-order chi connectivity index (χ0) is 33.0. The average molecular weight is 659 g/mol. The van der Waals surface area contributed by atoms with Gasteiger partial charge >= 0.3 is 19.8 Å². The van der Waals surface area contributed by atoms with Crippen LogP contribution in [0.15, 0.2) is 12.3 Å². The van der Waals surface area contributed by atoms with Gasteiger partial charge in [0.1, 0.15) is 36.6 Å². The SMILES string of the molecule is NC1C=CN(C2OC(COP(=O)(O)OC3(C(=O)O)CC(O)C(NC(=O)CNC=O)C([C@H](O)[C@H](O)CO)O3)C(O)C2O)C(=O)N1. The number of hydrogen-bond acceptors (Lipinski definition) is 16. The van der Waals surface area contributed by atoms with Crippen molar-refractivity contribution in [2.24, 2.45) is 5.73 Å². The first-order valence-electron chi connectivity index (χ1n) is 12.8. The van der Waals surface area contributed by atoms with E-state index in [1.165, 1.54) is 12.3 Å². The number of amides is 4. The lowest BCUT2D eigenvalue weighted by Crippen LogP contribution is -2.68. The number of aliphatic hydroxyl groups is 6. The highest BCUT2D eigenvalue weighted by Crippen LogP contribution is 2.51. The third kappa shape index (κ3) is 8.06. The smallest absolute Gasteiger partial charge is 0.475 e. The fourth-order valence-electron chi connectivity index (χ4n) is 4.55. The Kier molecular flexibility index (Phi) is 11.8. The van der Waals surface area contributed by atoms with E-state index < -0.39 is 119 Å². The number of phosphoric ester groups is 1. The number of aliphatic carboxylic acids is 1. The molecule has 0 aromatic carbocycles. The van der Waals surface area contributed by atoms with Crippen molar-refractivity contribution < 1.29 is 82.9 Å². The lowest BCUT2D eigenvalue weighted by atomic mass is 9.88. The number of ether oxygens (including phenoxy) is 2. The minimum absolute atomic E-state index is 0.172. The monoisotopic (exact) mass is 659 g/mol. The van der Waals surface area contributed by atoms with Crippen LogP contribution in [0.5, 0.6) is 0 Å². The summed E-state index contributed by atoms with van der Waals surface area (Å²) in [5.74, 6) is -6.37. The normalized spacial score (nSPS) is 36.5. The topological polar surface area (TPSA) is 349 Å². The van der Waals surface area contributed by atoms with Crippen LogP contribution in [0, 0.1) is 0 Å². The maximum absolute atomic E-state index is 12.9. The molecule has 0 spiro atoms. The van der Waals surface area contributed by atoms with E-state index in [1.54, 1.807) is 0 Å². The Hall–Kier alpha value is -2.83. The lowest BCUT2D eigenvalue weighted by Gasteiger charge is -2.46. The molecule has 2 fully saturated rings. The molecule has 0 aromatic heterocycles. The molecule has 2 saturated heterocycles. The summed E-state index contributed by atoms with van der Waals surface area (Å²) in [6.07, 6.45) is -14.3. The van der Waals surface area contributed by atoms with Gasteiger partial charge in [-0.2, -0.15) is 0 Å². The highest BCUT2D eigenvalue weighted by molar-refractivity contribution is 7.47. The average Bonchev–Trinajstić information content (AvgIpc) is 3.23. The number of aliphatic hydroxyl groups excluding tert-OH is 6. The van der Waals surface area contributed by atoms with E-state index in [0.29, 0.717) is 0 Å². The summed E-state index contributed by atoms with van der Waals surface area (Å²) in [6.45, 7) is -2.77. The Morgan fingerprint density at radius 1 is 1.30 bits per heavy atom. The number of carboxylic acids is 1. The first kappa shape index (κ1) is 35.6. The zero-order valence-electron chi connectivity index (χ0n) is 22.6. The molecule has 0 bridgehead atoms. The summed E-state index contributed by atoms with van der Waals surface area (Å²) in [4.78, 5) is 58.3. The van der Waals surface area contributed by atoms with E-state index in [1.807, 2.05) is 5.32 Å². The highest BCUT2D eigenvalue weighted by atomic mass is 31.2. The van der Waals surface area contributed by atoms with Crippen molar-refractivity contribution in [1.29, 1.82) is 0 Å². The Morgan fingerprint density at radius 2 is 1.98 bits per heavy atom. The van der Waals surface area contributed by atoms with Crippen LogP contribution in [-0.2, 0) is 37.5 Å². The number of urea groups is 1. The van der Waals surface area contributed by atoms with Gasteiger partial charge in [-0.15, -0.1) is 0 Å². The van der Waals surface area contributed by atoms with Gasteiger partial charge in [0.2, 0.25) is 12.3 Å². The number of nitrogens with two attached hydrogens (primary N) is 1. The number of nitrogens with zero attached hydrogens (tertiary/aromatic N) is 1. The van der Waals surface area contributed by atoms with Crippen molar-refractivity contribution in [3.05, 3.63) is 12.3 Å². The predicted molar refractivity (Wildman–Crippen MR) is 136 cm³/mol. The quantitative estimate of drug-likeness (QED) is 0.0609. The fourth-order valence-corrected chi connectivity index (χ4v) is 5.51. The molecule has 3 rings (SSSR count). The predicted octanol–water partition coefficient (Wildman–Crippen LogP) is -6.73. The van der Waals surface area contributed by atoms with Crippen LogP contribution in [-0.4, -0.2) is 157 Å². The van der Waals surface area contributed by atoms with E-state index in [9.17, 15) is 64.4 Å². The van der Waals surface area contributed by atoms with Gasteiger partial charge < -0.3 is 71.8 Å². The summed E-state index contributed by atoms with van der Waals surface area (Å²) >= 11 is 0. The van der Waals surface area contributed by atoms with Gasteiger partial charge in [0, 0.05) is 12.6 Å². The van der Waals surface area contributed by atoms with Gasteiger partial charge in [0.25, 0.3) is 5.79 Å². The van der Waals surface area contributed by atoms with Crippen molar-refractivity contribution >= 4 is 32.1 Å². The van der Waals surface area contributed by atoms with Crippen molar-refractivity contribution in [3.8, 4) is 0 Å². The number of nitrogens with one attached hydrogen (secondary N) is 3. The molecule has 13 N–H and O–H groups in total. The summed E-state index contributed by atoms with van der Waals surface area (Å²) in [7, 11) is -5.57. The second-order valence-corrected chi connectivity index (χ2v) is 11.2. The first-order valence-corrected chi connectivity index (χ1v) is 14.3. The number of phosphoric acid groups is 1. The first-order chi connectivity index (χ1) is 20.6. The summed E-state index contributed by atoms with van der Waals surface area (Å²) in [5.41, 5.74) is 5.55.